The van der Waals surface area contributed by atoms with Crippen molar-refractivity contribution in [1.29, 1.82) is 0 Å². The molecule has 3 aromatic rings. The van der Waals surface area contributed by atoms with E-state index in [9.17, 15) is 14.4 Å². The van der Waals surface area contributed by atoms with Crippen LogP contribution in [-0.2, 0) is 11.3 Å². The summed E-state index contributed by atoms with van der Waals surface area (Å²) in [5.41, 5.74) is 2.00. The maximum atomic E-state index is 13.2. The SMILES string of the molecule is CCN(CC)CCCn1c(SCC(=O)c2ccc(N3CCCC3=O)cc2)nc2ccccc2c1=O. The molecule has 0 saturated carbocycles. The molecule has 1 aliphatic rings. The quantitative estimate of drug-likeness (QED) is 0.227. The summed E-state index contributed by atoms with van der Waals surface area (Å²) in [6.45, 7) is 8.40. The Morgan fingerprint density at radius 3 is 2.49 bits per heavy atom. The average Bonchev–Trinajstić information content (AvgIpc) is 3.32. The van der Waals surface area contributed by atoms with Crippen molar-refractivity contribution in [2.75, 3.05) is 36.8 Å². The Morgan fingerprint density at radius 2 is 1.80 bits per heavy atom. The fourth-order valence-electron chi connectivity index (χ4n) is 4.41. The molecule has 184 valence electrons. The van der Waals surface area contributed by atoms with Gasteiger partial charge in [0.05, 0.1) is 16.7 Å². The van der Waals surface area contributed by atoms with Crippen LogP contribution in [-0.4, -0.2) is 58.1 Å². The molecule has 0 bridgehead atoms. The minimum absolute atomic E-state index is 0.0357. The molecule has 0 atom stereocenters. The van der Waals surface area contributed by atoms with Gasteiger partial charge in [-0.25, -0.2) is 4.98 Å². The molecule has 2 heterocycles. The first-order chi connectivity index (χ1) is 17.0. The van der Waals surface area contributed by atoms with Crippen LogP contribution in [0.4, 0.5) is 5.69 Å². The highest BCUT2D eigenvalue weighted by molar-refractivity contribution is 7.99. The van der Waals surface area contributed by atoms with Crippen molar-refractivity contribution in [3.63, 3.8) is 0 Å². The van der Waals surface area contributed by atoms with E-state index in [-0.39, 0.29) is 23.0 Å². The van der Waals surface area contributed by atoms with Crippen LogP contribution in [0.25, 0.3) is 10.9 Å². The number of nitrogens with zero attached hydrogens (tertiary/aromatic N) is 4. The first kappa shape index (κ1) is 25.1. The fraction of sp³-hybridized carbons (Fsp3) is 0.407. The molecule has 0 spiro atoms. The Balaban J connectivity index is 1.49. The van der Waals surface area contributed by atoms with Gasteiger partial charge in [0.2, 0.25) is 5.91 Å². The standard InChI is InChI=1S/C27H32N4O3S/c1-3-29(4-2)16-8-18-31-26(34)22-9-5-6-10-23(22)28-27(31)35-19-24(32)20-12-14-21(15-13-20)30-17-7-11-25(30)33/h5-6,9-10,12-15H,3-4,7-8,11,16-19H2,1-2H3. The van der Waals surface area contributed by atoms with Gasteiger partial charge in [0.1, 0.15) is 0 Å². The van der Waals surface area contributed by atoms with Crippen LogP contribution in [0.2, 0.25) is 0 Å². The molecule has 1 aromatic heterocycles. The van der Waals surface area contributed by atoms with E-state index in [1.54, 1.807) is 27.7 Å². The highest BCUT2D eigenvalue weighted by Gasteiger charge is 2.22. The molecule has 0 radical (unpaired) electrons. The summed E-state index contributed by atoms with van der Waals surface area (Å²) in [5.74, 6) is 0.274. The number of anilines is 1. The molecular weight excluding hydrogens is 460 g/mol. The van der Waals surface area contributed by atoms with E-state index in [1.807, 2.05) is 30.3 Å². The summed E-state index contributed by atoms with van der Waals surface area (Å²) < 4.78 is 1.71. The Morgan fingerprint density at radius 1 is 1.06 bits per heavy atom. The van der Waals surface area contributed by atoms with Gasteiger partial charge < -0.3 is 9.80 Å². The number of hydrogen-bond donors (Lipinski definition) is 0. The van der Waals surface area contributed by atoms with Crippen molar-refractivity contribution in [1.82, 2.24) is 14.5 Å². The van der Waals surface area contributed by atoms with E-state index in [0.717, 1.165) is 44.7 Å². The summed E-state index contributed by atoms with van der Waals surface area (Å²) in [6, 6.07) is 14.6. The minimum atomic E-state index is -0.0651. The maximum Gasteiger partial charge on any atom is 0.262 e. The van der Waals surface area contributed by atoms with Gasteiger partial charge in [-0.15, -0.1) is 0 Å². The minimum Gasteiger partial charge on any atom is -0.312 e. The first-order valence-electron chi connectivity index (χ1n) is 12.3. The average molecular weight is 493 g/mol. The van der Waals surface area contributed by atoms with Crippen molar-refractivity contribution in [3.8, 4) is 0 Å². The van der Waals surface area contributed by atoms with Gasteiger partial charge in [-0.1, -0.05) is 37.7 Å². The molecule has 1 aliphatic heterocycles. The van der Waals surface area contributed by atoms with Crippen molar-refractivity contribution in [2.24, 2.45) is 0 Å². The number of benzene rings is 2. The largest absolute Gasteiger partial charge is 0.312 e. The predicted molar refractivity (Wildman–Crippen MR) is 141 cm³/mol. The Labute approximate surface area is 210 Å². The molecule has 0 unspecified atom stereocenters. The van der Waals surface area contributed by atoms with Gasteiger partial charge in [0.15, 0.2) is 10.9 Å². The van der Waals surface area contributed by atoms with Crippen LogP contribution in [0.1, 0.15) is 43.5 Å². The van der Waals surface area contributed by atoms with Crippen molar-refractivity contribution in [3.05, 3.63) is 64.4 Å². The zero-order chi connectivity index (χ0) is 24.8. The lowest BCUT2D eigenvalue weighted by atomic mass is 10.1. The number of rotatable bonds is 11. The third kappa shape index (κ3) is 5.82. The highest BCUT2D eigenvalue weighted by Crippen LogP contribution is 2.23. The molecule has 1 amide bonds. The smallest absolute Gasteiger partial charge is 0.262 e. The second-order valence-corrected chi connectivity index (χ2v) is 9.60. The van der Waals surface area contributed by atoms with E-state index >= 15 is 0 Å². The normalized spacial score (nSPS) is 13.8. The number of hydrogen-bond acceptors (Lipinski definition) is 6. The van der Waals surface area contributed by atoms with E-state index in [1.165, 1.54) is 11.8 Å². The maximum absolute atomic E-state index is 13.2. The lowest BCUT2D eigenvalue weighted by Gasteiger charge is -2.19. The van der Waals surface area contributed by atoms with Crippen LogP contribution < -0.4 is 10.5 Å². The van der Waals surface area contributed by atoms with Crippen LogP contribution in [0.15, 0.2) is 58.5 Å². The molecule has 35 heavy (non-hydrogen) atoms. The number of carbonyl (C=O) groups is 2. The molecule has 8 heteroatoms. The number of para-hydroxylation sites is 1. The number of amides is 1. The van der Waals surface area contributed by atoms with E-state index in [2.05, 4.69) is 18.7 Å². The van der Waals surface area contributed by atoms with Crippen LogP contribution in [0.5, 0.6) is 0 Å². The summed E-state index contributed by atoms with van der Waals surface area (Å²) in [4.78, 5) is 47.0. The summed E-state index contributed by atoms with van der Waals surface area (Å²) in [5, 5.41) is 1.17. The molecule has 2 aromatic carbocycles. The van der Waals surface area contributed by atoms with Crippen molar-refractivity contribution < 1.29 is 9.59 Å². The molecule has 1 fully saturated rings. The number of ketones is 1. The second kappa shape index (κ2) is 11.6. The summed E-state index contributed by atoms with van der Waals surface area (Å²) in [6.07, 6.45) is 2.28. The van der Waals surface area contributed by atoms with Gasteiger partial charge in [-0.3, -0.25) is 19.0 Å². The van der Waals surface area contributed by atoms with Gasteiger partial charge in [-0.05, 0) is 68.9 Å². The predicted octanol–water partition coefficient (Wildman–Crippen LogP) is 4.23. The third-order valence-corrected chi connectivity index (χ3v) is 7.46. The molecule has 7 nitrogen and oxygen atoms in total. The van der Waals surface area contributed by atoms with Gasteiger partial charge in [0, 0.05) is 30.8 Å². The fourth-order valence-corrected chi connectivity index (χ4v) is 5.33. The number of aromatic nitrogens is 2. The number of Topliss-reactive ketones (excluding diaryl/α,β-unsaturated/α-hetero) is 1. The Bertz CT molecular complexity index is 1250. The van der Waals surface area contributed by atoms with Crippen LogP contribution >= 0.6 is 11.8 Å². The molecule has 1 saturated heterocycles. The van der Waals surface area contributed by atoms with Crippen molar-refractivity contribution in [2.45, 2.75) is 44.8 Å². The van der Waals surface area contributed by atoms with Crippen LogP contribution in [0.3, 0.4) is 0 Å². The van der Waals surface area contributed by atoms with Gasteiger partial charge >= 0.3 is 0 Å². The lowest BCUT2D eigenvalue weighted by Crippen LogP contribution is -2.28. The topological polar surface area (TPSA) is 75.5 Å². The monoisotopic (exact) mass is 492 g/mol. The lowest BCUT2D eigenvalue weighted by molar-refractivity contribution is -0.117. The summed E-state index contributed by atoms with van der Waals surface area (Å²) >= 11 is 1.30. The number of carbonyl (C=O) groups excluding carboxylic acids is 2. The number of thioether (sulfide) groups is 1. The zero-order valence-electron chi connectivity index (χ0n) is 20.4. The van der Waals surface area contributed by atoms with Crippen molar-refractivity contribution >= 4 is 40.0 Å². The van der Waals surface area contributed by atoms with Gasteiger partial charge in [0.25, 0.3) is 5.56 Å². The second-order valence-electron chi connectivity index (χ2n) is 8.66. The molecule has 0 aliphatic carbocycles. The molecular formula is C27H32N4O3S. The zero-order valence-corrected chi connectivity index (χ0v) is 21.2. The number of fused-ring (bicyclic) bond motifs is 1. The third-order valence-electron chi connectivity index (χ3n) is 6.48. The Kier molecular flexibility index (Phi) is 8.36. The van der Waals surface area contributed by atoms with E-state index in [0.29, 0.717) is 34.6 Å². The first-order valence-corrected chi connectivity index (χ1v) is 13.3. The highest BCUT2D eigenvalue weighted by atomic mass is 32.2. The molecule has 4 rings (SSSR count). The van der Waals surface area contributed by atoms with Gasteiger partial charge in [-0.2, -0.15) is 0 Å². The van der Waals surface area contributed by atoms with Crippen LogP contribution in [0, 0.1) is 0 Å². The van der Waals surface area contributed by atoms with E-state index in [4.69, 9.17) is 4.98 Å². The Hall–Kier alpha value is -2.97. The van der Waals surface area contributed by atoms with E-state index < -0.39 is 0 Å². The summed E-state index contributed by atoms with van der Waals surface area (Å²) in [7, 11) is 0. The molecule has 0 N–H and O–H groups in total.